The van der Waals surface area contributed by atoms with Crippen LogP contribution in [-0.4, -0.2) is 36.8 Å². The van der Waals surface area contributed by atoms with Crippen LogP contribution in [0.25, 0.3) is 0 Å². The Morgan fingerprint density at radius 2 is 1.84 bits per heavy atom. The summed E-state index contributed by atoms with van der Waals surface area (Å²) in [6, 6.07) is 7.98. The van der Waals surface area contributed by atoms with E-state index in [2.05, 4.69) is 5.32 Å². The highest BCUT2D eigenvalue weighted by Gasteiger charge is 2.37. The van der Waals surface area contributed by atoms with Crippen molar-refractivity contribution in [1.82, 2.24) is 4.90 Å². The van der Waals surface area contributed by atoms with Crippen molar-refractivity contribution in [1.29, 1.82) is 0 Å². The second-order valence-corrected chi connectivity index (χ2v) is 5.11. The average molecular weight is 272 g/mol. The lowest BCUT2D eigenvalue weighted by molar-refractivity contribution is -0.146. The number of hydrogen-bond donors (Lipinski definition) is 1. The van der Waals surface area contributed by atoms with Crippen LogP contribution < -0.4 is 5.32 Å². The zero-order valence-electron chi connectivity index (χ0n) is 11.0. The monoisotopic (exact) mass is 272 g/mol. The fourth-order valence-corrected chi connectivity index (χ4v) is 2.08. The van der Waals surface area contributed by atoms with Gasteiger partial charge in [-0.2, -0.15) is 13.2 Å². The first kappa shape index (κ1) is 14.2. The lowest BCUT2D eigenvalue weighted by Gasteiger charge is -2.23. The number of aryl methyl sites for hydroxylation is 1. The first-order chi connectivity index (χ1) is 8.94. The van der Waals surface area contributed by atoms with E-state index in [1.807, 2.05) is 31.2 Å². The Balaban J connectivity index is 1.77. The van der Waals surface area contributed by atoms with Crippen molar-refractivity contribution in [2.75, 3.05) is 25.0 Å². The van der Waals surface area contributed by atoms with Gasteiger partial charge in [0.05, 0.1) is 6.54 Å². The van der Waals surface area contributed by atoms with Crippen LogP contribution >= 0.6 is 0 Å². The molecule has 106 valence electrons. The molecule has 19 heavy (non-hydrogen) atoms. The lowest BCUT2D eigenvalue weighted by Crippen LogP contribution is -2.38. The highest BCUT2D eigenvalue weighted by Crippen LogP contribution is 2.29. The van der Waals surface area contributed by atoms with Crippen molar-refractivity contribution < 1.29 is 13.2 Å². The van der Waals surface area contributed by atoms with E-state index in [4.69, 9.17) is 0 Å². The summed E-state index contributed by atoms with van der Waals surface area (Å²) in [4.78, 5) is 1.53. The molecule has 2 nitrogen and oxygen atoms in total. The van der Waals surface area contributed by atoms with Crippen molar-refractivity contribution in [2.24, 2.45) is 0 Å². The van der Waals surface area contributed by atoms with Crippen LogP contribution in [0.1, 0.15) is 18.4 Å². The first-order valence-electron chi connectivity index (χ1n) is 6.55. The van der Waals surface area contributed by atoms with Crippen molar-refractivity contribution in [3.63, 3.8) is 0 Å². The normalized spacial score (nSPS) is 15.8. The summed E-state index contributed by atoms with van der Waals surface area (Å²) < 4.78 is 37.3. The molecule has 5 heteroatoms. The molecule has 1 N–H and O–H groups in total. The summed E-state index contributed by atoms with van der Waals surface area (Å²) in [6.07, 6.45) is -2.33. The maximum absolute atomic E-state index is 12.4. The molecule has 0 atom stereocenters. The molecule has 1 fully saturated rings. The third-order valence-corrected chi connectivity index (χ3v) is 3.23. The number of nitrogens with one attached hydrogen (secondary N) is 1. The van der Waals surface area contributed by atoms with Gasteiger partial charge < -0.3 is 5.32 Å². The van der Waals surface area contributed by atoms with E-state index in [0.717, 1.165) is 18.5 Å². The second kappa shape index (κ2) is 5.82. The van der Waals surface area contributed by atoms with E-state index >= 15 is 0 Å². The summed E-state index contributed by atoms with van der Waals surface area (Å²) in [6.45, 7) is 2.17. The molecule has 1 aromatic carbocycles. The molecule has 1 saturated carbocycles. The van der Waals surface area contributed by atoms with Crippen molar-refractivity contribution in [2.45, 2.75) is 32.0 Å². The Kier molecular flexibility index (Phi) is 4.34. The van der Waals surface area contributed by atoms with Crippen LogP contribution in [0.5, 0.6) is 0 Å². The lowest BCUT2D eigenvalue weighted by atomic mass is 10.2. The fraction of sp³-hybridized carbons (Fsp3) is 0.571. The minimum atomic E-state index is -4.10. The predicted molar refractivity (Wildman–Crippen MR) is 70.3 cm³/mol. The molecule has 1 aromatic rings. The van der Waals surface area contributed by atoms with E-state index in [0.29, 0.717) is 13.1 Å². The molecule has 0 radical (unpaired) electrons. The number of halogens is 3. The zero-order chi connectivity index (χ0) is 13.9. The number of alkyl halides is 3. The number of hydrogen-bond acceptors (Lipinski definition) is 2. The molecule has 0 aromatic heterocycles. The molecule has 1 aliphatic rings. The third kappa shape index (κ3) is 5.11. The summed E-state index contributed by atoms with van der Waals surface area (Å²) in [7, 11) is 0. The number of anilines is 1. The number of rotatable bonds is 6. The fourth-order valence-electron chi connectivity index (χ4n) is 2.08. The van der Waals surface area contributed by atoms with Crippen LogP contribution in [0.2, 0.25) is 0 Å². The summed E-state index contributed by atoms with van der Waals surface area (Å²) >= 11 is 0. The molecule has 0 heterocycles. The predicted octanol–water partition coefficient (Wildman–Crippen LogP) is 3.43. The third-order valence-electron chi connectivity index (χ3n) is 3.23. The molecular weight excluding hydrogens is 253 g/mol. The molecule has 0 amide bonds. The van der Waals surface area contributed by atoms with Crippen LogP contribution in [0.3, 0.4) is 0 Å². The van der Waals surface area contributed by atoms with Crippen molar-refractivity contribution in [3.8, 4) is 0 Å². The molecule has 1 aliphatic carbocycles. The van der Waals surface area contributed by atoms with E-state index in [1.54, 1.807) is 0 Å². The Morgan fingerprint density at radius 1 is 1.21 bits per heavy atom. The summed E-state index contributed by atoms with van der Waals surface area (Å²) in [5, 5.41) is 3.16. The quantitative estimate of drug-likeness (QED) is 0.853. The molecule has 0 aliphatic heterocycles. The molecular formula is C14H19F3N2. The second-order valence-electron chi connectivity index (χ2n) is 5.11. The number of nitrogens with zero attached hydrogens (tertiary/aromatic N) is 1. The van der Waals surface area contributed by atoms with Crippen molar-refractivity contribution >= 4 is 5.69 Å². The van der Waals surface area contributed by atoms with E-state index in [-0.39, 0.29) is 6.04 Å². The Bertz CT molecular complexity index is 396. The molecule has 0 spiro atoms. The molecule has 0 bridgehead atoms. The highest BCUT2D eigenvalue weighted by atomic mass is 19.4. The maximum atomic E-state index is 12.4. The molecule has 2 rings (SSSR count). The Labute approximate surface area is 111 Å². The minimum absolute atomic E-state index is 0.126. The smallest absolute Gasteiger partial charge is 0.384 e. The van der Waals surface area contributed by atoms with Gasteiger partial charge in [0.2, 0.25) is 0 Å². The largest absolute Gasteiger partial charge is 0.401 e. The average Bonchev–Trinajstić information content (AvgIpc) is 3.13. The SMILES string of the molecule is Cc1ccc(NCCN(CC(F)(F)F)C2CC2)cc1. The van der Waals surface area contributed by atoms with E-state index in [9.17, 15) is 13.2 Å². The van der Waals surface area contributed by atoms with Crippen LogP contribution in [0.15, 0.2) is 24.3 Å². The van der Waals surface area contributed by atoms with Crippen LogP contribution in [0, 0.1) is 6.92 Å². The molecule has 0 unspecified atom stereocenters. The van der Waals surface area contributed by atoms with E-state index in [1.165, 1.54) is 10.5 Å². The van der Waals surface area contributed by atoms with Gasteiger partial charge in [0.25, 0.3) is 0 Å². The standard InChI is InChI=1S/C14H19F3N2/c1-11-2-4-12(5-3-11)18-8-9-19(13-6-7-13)10-14(15,16)17/h2-5,13,18H,6-10H2,1H3. The van der Waals surface area contributed by atoms with Gasteiger partial charge in [0.15, 0.2) is 0 Å². The topological polar surface area (TPSA) is 15.3 Å². The van der Waals surface area contributed by atoms with Gasteiger partial charge in [0.1, 0.15) is 0 Å². The van der Waals surface area contributed by atoms with Gasteiger partial charge in [0, 0.05) is 24.8 Å². The van der Waals surface area contributed by atoms with Gasteiger partial charge in [-0.25, -0.2) is 0 Å². The minimum Gasteiger partial charge on any atom is -0.384 e. The van der Waals surface area contributed by atoms with Gasteiger partial charge >= 0.3 is 6.18 Å². The van der Waals surface area contributed by atoms with Gasteiger partial charge in [-0.3, -0.25) is 4.90 Å². The van der Waals surface area contributed by atoms with Crippen molar-refractivity contribution in [3.05, 3.63) is 29.8 Å². The van der Waals surface area contributed by atoms with Gasteiger partial charge in [-0.1, -0.05) is 17.7 Å². The Hall–Kier alpha value is -1.23. The van der Waals surface area contributed by atoms with E-state index < -0.39 is 12.7 Å². The number of benzene rings is 1. The Morgan fingerprint density at radius 3 is 2.37 bits per heavy atom. The maximum Gasteiger partial charge on any atom is 0.401 e. The summed E-state index contributed by atoms with van der Waals surface area (Å²) in [5.41, 5.74) is 2.12. The van der Waals surface area contributed by atoms with Gasteiger partial charge in [-0.05, 0) is 31.9 Å². The first-order valence-corrected chi connectivity index (χ1v) is 6.55. The van der Waals surface area contributed by atoms with Gasteiger partial charge in [-0.15, -0.1) is 0 Å². The van der Waals surface area contributed by atoms with Crippen LogP contribution in [0.4, 0.5) is 18.9 Å². The highest BCUT2D eigenvalue weighted by molar-refractivity contribution is 5.44. The molecule has 0 saturated heterocycles. The summed E-state index contributed by atoms with van der Waals surface area (Å²) in [5.74, 6) is 0. The zero-order valence-corrected chi connectivity index (χ0v) is 11.0. The van der Waals surface area contributed by atoms with Crippen LogP contribution in [-0.2, 0) is 0 Å².